The molecule has 1 rings (SSSR count). The van der Waals surface area contributed by atoms with E-state index in [0.717, 1.165) is 24.6 Å². The molecule has 1 atom stereocenters. The third kappa shape index (κ3) is 3.05. The van der Waals surface area contributed by atoms with Gasteiger partial charge in [-0.05, 0) is 14.0 Å². The van der Waals surface area contributed by atoms with E-state index in [2.05, 4.69) is 16.3 Å². The molecular formula is C9H17N3OS. The van der Waals surface area contributed by atoms with Crippen LogP contribution in [0.5, 0.6) is 0 Å². The number of nitrogens with one attached hydrogen (secondary N) is 1. The number of hydrogen-bond acceptors (Lipinski definition) is 4. The summed E-state index contributed by atoms with van der Waals surface area (Å²) in [6, 6.07) is 2.26. The number of likely N-dealkylation sites (N-methyl/N-ethyl adjacent to an activating group) is 1. The molecule has 0 aromatic heterocycles. The van der Waals surface area contributed by atoms with Gasteiger partial charge in [0.1, 0.15) is 5.54 Å². The molecule has 1 saturated heterocycles. The highest BCUT2D eigenvalue weighted by Crippen LogP contribution is 2.07. The van der Waals surface area contributed by atoms with Crippen LogP contribution in [0.25, 0.3) is 0 Å². The minimum atomic E-state index is -0.638. The van der Waals surface area contributed by atoms with Gasteiger partial charge in [-0.25, -0.2) is 0 Å². The summed E-state index contributed by atoms with van der Waals surface area (Å²) in [6.07, 6.45) is 0. The topological polar surface area (TPSA) is 56.1 Å². The van der Waals surface area contributed by atoms with E-state index in [-0.39, 0.29) is 0 Å². The average Bonchev–Trinajstić information content (AvgIpc) is 2.21. The maximum Gasteiger partial charge on any atom is 0.116 e. The largest absolute Gasteiger partial charge is 0.302 e. The molecule has 1 fully saturated rings. The van der Waals surface area contributed by atoms with Crippen LogP contribution >= 0.6 is 0 Å². The van der Waals surface area contributed by atoms with Gasteiger partial charge >= 0.3 is 0 Å². The Morgan fingerprint density at radius 2 is 2.14 bits per heavy atom. The Balaban J connectivity index is 2.45. The molecule has 80 valence electrons. The fraction of sp³-hybridized carbons (Fsp3) is 0.889. The van der Waals surface area contributed by atoms with Crippen LogP contribution in [0.1, 0.15) is 6.92 Å². The third-order valence-corrected chi connectivity index (χ3v) is 3.88. The molecule has 1 aliphatic rings. The van der Waals surface area contributed by atoms with E-state index in [1.54, 1.807) is 7.05 Å². The van der Waals surface area contributed by atoms with Gasteiger partial charge < -0.3 is 5.32 Å². The highest BCUT2D eigenvalue weighted by Gasteiger charge is 2.26. The lowest BCUT2D eigenvalue weighted by Gasteiger charge is -2.32. The summed E-state index contributed by atoms with van der Waals surface area (Å²) >= 11 is 0. The normalized spacial score (nSPS) is 24.1. The summed E-state index contributed by atoms with van der Waals surface area (Å²) in [4.78, 5) is 2.20. The molecule has 1 unspecified atom stereocenters. The molecule has 1 heterocycles. The van der Waals surface area contributed by atoms with E-state index in [1.807, 2.05) is 6.92 Å². The van der Waals surface area contributed by atoms with Crippen molar-refractivity contribution in [1.29, 1.82) is 5.26 Å². The summed E-state index contributed by atoms with van der Waals surface area (Å²) in [7, 11) is 1.16. The van der Waals surface area contributed by atoms with E-state index in [0.29, 0.717) is 6.54 Å². The fourth-order valence-electron chi connectivity index (χ4n) is 1.45. The van der Waals surface area contributed by atoms with Crippen molar-refractivity contribution in [3.63, 3.8) is 0 Å². The van der Waals surface area contributed by atoms with Gasteiger partial charge in [0.2, 0.25) is 0 Å². The lowest BCUT2D eigenvalue weighted by Crippen LogP contribution is -2.51. The molecule has 1 aliphatic heterocycles. The minimum Gasteiger partial charge on any atom is -0.302 e. The van der Waals surface area contributed by atoms with Gasteiger partial charge in [0.15, 0.2) is 0 Å². The molecule has 14 heavy (non-hydrogen) atoms. The van der Waals surface area contributed by atoms with Crippen molar-refractivity contribution in [2.24, 2.45) is 0 Å². The van der Waals surface area contributed by atoms with Crippen molar-refractivity contribution in [3.8, 4) is 6.07 Å². The van der Waals surface area contributed by atoms with Gasteiger partial charge in [0.05, 0.1) is 6.07 Å². The molecule has 0 bridgehead atoms. The predicted octanol–water partition coefficient (Wildman–Crippen LogP) is -0.448. The number of rotatable bonds is 3. The summed E-state index contributed by atoms with van der Waals surface area (Å²) in [6.45, 7) is 4.27. The molecule has 1 N–H and O–H groups in total. The fourth-order valence-corrected chi connectivity index (χ4v) is 2.58. The predicted molar refractivity (Wildman–Crippen MR) is 57.4 cm³/mol. The molecule has 5 heteroatoms. The van der Waals surface area contributed by atoms with E-state index < -0.39 is 16.3 Å². The molecule has 0 spiro atoms. The first-order chi connectivity index (χ1) is 6.59. The van der Waals surface area contributed by atoms with Crippen LogP contribution in [0.3, 0.4) is 0 Å². The van der Waals surface area contributed by atoms with Crippen molar-refractivity contribution < 1.29 is 4.21 Å². The Hall–Kier alpha value is -0.440. The van der Waals surface area contributed by atoms with Crippen molar-refractivity contribution >= 4 is 10.8 Å². The first-order valence-corrected chi connectivity index (χ1v) is 6.26. The van der Waals surface area contributed by atoms with Crippen LogP contribution in [-0.2, 0) is 10.8 Å². The van der Waals surface area contributed by atoms with Crippen molar-refractivity contribution in [3.05, 3.63) is 0 Å². The SMILES string of the molecule is CNC(C)(C#N)CN1CCS(=O)CC1. The summed E-state index contributed by atoms with van der Waals surface area (Å²) in [5, 5.41) is 12.0. The quantitative estimate of drug-likeness (QED) is 0.693. The molecule has 0 radical (unpaired) electrons. The second-order valence-corrected chi connectivity index (χ2v) is 5.51. The van der Waals surface area contributed by atoms with Crippen molar-refractivity contribution in [2.45, 2.75) is 12.5 Å². The van der Waals surface area contributed by atoms with Gasteiger partial charge in [0.25, 0.3) is 0 Å². The van der Waals surface area contributed by atoms with E-state index in [4.69, 9.17) is 5.26 Å². The van der Waals surface area contributed by atoms with E-state index >= 15 is 0 Å². The zero-order chi connectivity index (χ0) is 10.6. The summed E-state index contributed by atoms with van der Waals surface area (Å²) < 4.78 is 11.1. The van der Waals surface area contributed by atoms with Crippen LogP contribution < -0.4 is 5.32 Å². The second-order valence-electron chi connectivity index (χ2n) is 3.82. The third-order valence-electron chi connectivity index (χ3n) is 2.61. The second kappa shape index (κ2) is 4.87. The smallest absolute Gasteiger partial charge is 0.116 e. The zero-order valence-electron chi connectivity index (χ0n) is 8.75. The first-order valence-electron chi connectivity index (χ1n) is 4.77. The van der Waals surface area contributed by atoms with Crippen molar-refractivity contribution in [1.82, 2.24) is 10.2 Å². The zero-order valence-corrected chi connectivity index (χ0v) is 9.56. The number of nitrogens with zero attached hydrogens (tertiary/aromatic N) is 2. The maximum atomic E-state index is 11.1. The molecule has 0 aliphatic carbocycles. The van der Waals surface area contributed by atoms with Crippen LogP contribution in [0.2, 0.25) is 0 Å². The Kier molecular flexibility index (Phi) is 4.05. The van der Waals surface area contributed by atoms with Crippen LogP contribution in [0, 0.1) is 11.3 Å². The van der Waals surface area contributed by atoms with Gasteiger partial charge in [-0.2, -0.15) is 5.26 Å². The molecule has 0 aromatic carbocycles. The van der Waals surface area contributed by atoms with Crippen LogP contribution in [-0.4, -0.2) is 52.8 Å². The maximum absolute atomic E-state index is 11.1. The van der Waals surface area contributed by atoms with Gasteiger partial charge in [0, 0.05) is 41.9 Å². The van der Waals surface area contributed by atoms with Crippen LogP contribution in [0.4, 0.5) is 0 Å². The monoisotopic (exact) mass is 215 g/mol. The van der Waals surface area contributed by atoms with Gasteiger partial charge in [-0.15, -0.1) is 0 Å². The molecular weight excluding hydrogens is 198 g/mol. The minimum absolute atomic E-state index is 0.487. The molecule has 0 saturated carbocycles. The molecule has 0 aromatic rings. The standard InChI is InChI=1S/C9H17N3OS/c1-9(7-10,11-2)8-12-3-5-14(13)6-4-12/h11H,3-6,8H2,1-2H3. The van der Waals surface area contributed by atoms with E-state index in [1.165, 1.54) is 0 Å². The van der Waals surface area contributed by atoms with Crippen LogP contribution in [0.15, 0.2) is 0 Å². The average molecular weight is 215 g/mol. The van der Waals surface area contributed by atoms with Gasteiger partial charge in [-0.1, -0.05) is 0 Å². The number of hydrogen-bond donors (Lipinski definition) is 1. The van der Waals surface area contributed by atoms with E-state index in [9.17, 15) is 4.21 Å². The Morgan fingerprint density at radius 1 is 1.57 bits per heavy atom. The lowest BCUT2D eigenvalue weighted by molar-refractivity contribution is 0.243. The Morgan fingerprint density at radius 3 is 2.57 bits per heavy atom. The Bertz CT molecular complexity index is 253. The molecule has 0 amide bonds. The van der Waals surface area contributed by atoms with Crippen molar-refractivity contribution in [2.75, 3.05) is 38.2 Å². The number of nitriles is 1. The molecule has 4 nitrogen and oxygen atoms in total. The Labute approximate surface area is 87.7 Å². The highest BCUT2D eigenvalue weighted by molar-refractivity contribution is 7.85. The summed E-state index contributed by atoms with van der Waals surface area (Å²) in [5.41, 5.74) is -0.487. The van der Waals surface area contributed by atoms with Gasteiger partial charge in [-0.3, -0.25) is 9.11 Å². The summed E-state index contributed by atoms with van der Waals surface area (Å²) in [5.74, 6) is 1.48. The first kappa shape index (κ1) is 11.6. The highest BCUT2D eigenvalue weighted by atomic mass is 32.2. The lowest BCUT2D eigenvalue weighted by atomic mass is 10.0.